The van der Waals surface area contributed by atoms with Crippen LogP contribution in [0.2, 0.25) is 5.28 Å². The van der Waals surface area contributed by atoms with Crippen LogP contribution in [-0.2, 0) is 14.6 Å². The maximum Gasteiger partial charge on any atom is 0.501 e. The molecule has 3 N–H and O–H groups in total. The van der Waals surface area contributed by atoms with Gasteiger partial charge in [0.15, 0.2) is 11.5 Å². The first-order valence-electron chi connectivity index (χ1n) is 9.85. The van der Waals surface area contributed by atoms with Gasteiger partial charge in [-0.05, 0) is 61.5 Å². The van der Waals surface area contributed by atoms with Gasteiger partial charge in [0.25, 0.3) is 9.84 Å². The van der Waals surface area contributed by atoms with E-state index in [1.165, 1.54) is 0 Å². The number of nitrogens with one attached hydrogen (secondary N) is 1. The fourth-order valence-electron chi connectivity index (χ4n) is 3.89. The SMILES string of the molecule is Nc1nc(Cl)nc2c1ncn2[C@H]1CC[C@@H](C(=O)Nc2ccc(S(=O)(=O)C(F)(F)F)cc2)CC1. The van der Waals surface area contributed by atoms with Gasteiger partial charge in [0, 0.05) is 17.6 Å². The summed E-state index contributed by atoms with van der Waals surface area (Å²) in [4.78, 5) is 24.1. The molecule has 0 unspecified atom stereocenters. The summed E-state index contributed by atoms with van der Waals surface area (Å²) in [5, 5.41) is 2.65. The molecule has 1 saturated carbocycles. The monoisotopic (exact) mass is 502 g/mol. The molecule has 1 aliphatic carbocycles. The summed E-state index contributed by atoms with van der Waals surface area (Å²) in [6.45, 7) is 0. The number of hydrogen-bond donors (Lipinski definition) is 2. The summed E-state index contributed by atoms with van der Waals surface area (Å²) in [6, 6.07) is 3.94. The van der Waals surface area contributed by atoms with Crippen LogP contribution in [0.3, 0.4) is 0 Å². The van der Waals surface area contributed by atoms with E-state index in [0.29, 0.717) is 36.8 Å². The summed E-state index contributed by atoms with van der Waals surface area (Å²) in [5.41, 5.74) is 1.64. The van der Waals surface area contributed by atoms with Crippen molar-refractivity contribution in [2.24, 2.45) is 5.92 Å². The Kier molecular flexibility index (Phi) is 5.95. The Bertz CT molecular complexity index is 1300. The van der Waals surface area contributed by atoms with Gasteiger partial charge in [-0.3, -0.25) is 4.79 Å². The smallest absolute Gasteiger partial charge is 0.382 e. The molecule has 14 heteroatoms. The lowest BCUT2D eigenvalue weighted by atomic mass is 9.85. The van der Waals surface area contributed by atoms with Crippen LogP contribution in [0.1, 0.15) is 31.7 Å². The van der Waals surface area contributed by atoms with E-state index in [4.69, 9.17) is 17.3 Å². The first-order valence-corrected chi connectivity index (χ1v) is 11.7. The number of nitrogen functional groups attached to an aromatic ring is 1. The maximum absolute atomic E-state index is 12.6. The topological polar surface area (TPSA) is 133 Å². The predicted molar refractivity (Wildman–Crippen MR) is 114 cm³/mol. The van der Waals surface area contributed by atoms with Crippen molar-refractivity contribution < 1.29 is 26.4 Å². The van der Waals surface area contributed by atoms with Gasteiger partial charge in [0.1, 0.15) is 5.52 Å². The first kappa shape index (κ1) is 23.2. The number of hydrogen-bond acceptors (Lipinski definition) is 7. The number of imidazole rings is 1. The number of sulfone groups is 1. The Morgan fingerprint density at radius 2 is 1.76 bits per heavy atom. The minimum Gasteiger partial charge on any atom is -0.382 e. The van der Waals surface area contributed by atoms with Crippen LogP contribution < -0.4 is 11.1 Å². The van der Waals surface area contributed by atoms with Gasteiger partial charge in [-0.1, -0.05) is 0 Å². The molecule has 4 rings (SSSR count). The van der Waals surface area contributed by atoms with Crippen LogP contribution in [0.15, 0.2) is 35.5 Å². The minimum atomic E-state index is -5.44. The molecule has 1 amide bonds. The van der Waals surface area contributed by atoms with Crippen LogP contribution in [0.25, 0.3) is 11.2 Å². The lowest BCUT2D eigenvalue weighted by molar-refractivity contribution is -0.121. The molecule has 0 spiro atoms. The predicted octanol–water partition coefficient (Wildman–Crippen LogP) is 3.73. The van der Waals surface area contributed by atoms with Gasteiger partial charge in [-0.25, -0.2) is 13.4 Å². The zero-order valence-corrected chi connectivity index (χ0v) is 18.5. The van der Waals surface area contributed by atoms with E-state index in [2.05, 4.69) is 20.3 Å². The Hall–Kier alpha value is -2.93. The van der Waals surface area contributed by atoms with Gasteiger partial charge in [-0.2, -0.15) is 23.1 Å². The molecule has 33 heavy (non-hydrogen) atoms. The molecule has 0 saturated heterocycles. The number of nitrogens with zero attached hydrogens (tertiary/aromatic N) is 4. The fraction of sp³-hybridized carbons (Fsp3) is 0.368. The molecule has 9 nitrogen and oxygen atoms in total. The number of nitrogens with two attached hydrogens (primary N) is 1. The average Bonchev–Trinajstić information content (AvgIpc) is 3.17. The van der Waals surface area contributed by atoms with Crippen molar-refractivity contribution in [3.63, 3.8) is 0 Å². The number of halogens is 4. The van der Waals surface area contributed by atoms with Gasteiger partial charge < -0.3 is 15.6 Å². The van der Waals surface area contributed by atoms with Gasteiger partial charge in [-0.15, -0.1) is 0 Å². The van der Waals surface area contributed by atoms with Crippen LogP contribution in [0.5, 0.6) is 0 Å². The molecule has 2 heterocycles. The van der Waals surface area contributed by atoms with Crippen molar-refractivity contribution in [3.8, 4) is 0 Å². The highest BCUT2D eigenvalue weighted by atomic mass is 35.5. The zero-order valence-electron chi connectivity index (χ0n) is 16.9. The third-order valence-electron chi connectivity index (χ3n) is 5.62. The lowest BCUT2D eigenvalue weighted by Crippen LogP contribution is -2.28. The van der Waals surface area contributed by atoms with Crippen molar-refractivity contribution in [1.29, 1.82) is 0 Å². The molecular weight excluding hydrogens is 485 g/mol. The van der Waals surface area contributed by atoms with Crippen molar-refractivity contribution in [2.75, 3.05) is 11.1 Å². The second kappa shape index (κ2) is 8.45. The molecule has 1 fully saturated rings. The van der Waals surface area contributed by atoms with E-state index in [-0.39, 0.29) is 34.7 Å². The van der Waals surface area contributed by atoms with Crippen molar-refractivity contribution in [3.05, 3.63) is 35.9 Å². The molecule has 0 atom stereocenters. The van der Waals surface area contributed by atoms with E-state index in [9.17, 15) is 26.4 Å². The molecule has 1 aromatic carbocycles. The quantitative estimate of drug-likeness (QED) is 0.519. The molecule has 2 aromatic heterocycles. The highest BCUT2D eigenvalue weighted by Gasteiger charge is 2.46. The average molecular weight is 503 g/mol. The van der Waals surface area contributed by atoms with Crippen molar-refractivity contribution in [1.82, 2.24) is 19.5 Å². The Balaban J connectivity index is 1.39. The summed E-state index contributed by atoms with van der Waals surface area (Å²) < 4.78 is 62.7. The van der Waals surface area contributed by atoms with E-state index in [1.54, 1.807) is 6.33 Å². The first-order chi connectivity index (χ1) is 15.5. The van der Waals surface area contributed by atoms with E-state index in [0.717, 1.165) is 24.3 Å². The minimum absolute atomic E-state index is 0.0175. The summed E-state index contributed by atoms with van der Waals surface area (Å²) >= 11 is 5.91. The number of amides is 1. The van der Waals surface area contributed by atoms with Gasteiger partial charge >= 0.3 is 5.51 Å². The number of alkyl halides is 3. The number of rotatable bonds is 4. The van der Waals surface area contributed by atoms with Crippen LogP contribution >= 0.6 is 11.6 Å². The maximum atomic E-state index is 12.6. The zero-order chi connectivity index (χ0) is 24.0. The highest BCUT2D eigenvalue weighted by molar-refractivity contribution is 7.92. The second-order valence-corrected chi connectivity index (χ2v) is 9.95. The van der Waals surface area contributed by atoms with Crippen LogP contribution in [0.4, 0.5) is 24.7 Å². The molecule has 1 aliphatic rings. The van der Waals surface area contributed by atoms with Gasteiger partial charge in [0.2, 0.25) is 11.2 Å². The molecule has 0 radical (unpaired) electrons. The highest BCUT2D eigenvalue weighted by Crippen LogP contribution is 2.35. The summed E-state index contributed by atoms with van der Waals surface area (Å²) in [5.74, 6) is -0.409. The van der Waals surface area contributed by atoms with E-state index >= 15 is 0 Å². The van der Waals surface area contributed by atoms with Crippen LogP contribution in [-0.4, -0.2) is 39.4 Å². The Morgan fingerprint density at radius 1 is 1.12 bits per heavy atom. The van der Waals surface area contributed by atoms with Crippen molar-refractivity contribution in [2.45, 2.75) is 42.1 Å². The van der Waals surface area contributed by atoms with E-state index in [1.807, 2.05) is 4.57 Å². The molecule has 176 valence electrons. The third-order valence-corrected chi connectivity index (χ3v) is 7.29. The molecule has 0 bridgehead atoms. The number of benzene rings is 1. The molecular formula is C19H18ClF3N6O3S. The third kappa shape index (κ3) is 4.47. The number of carbonyl (C=O) groups is 1. The number of carbonyl (C=O) groups excluding carboxylic acids is 1. The van der Waals surface area contributed by atoms with Crippen LogP contribution in [0, 0.1) is 5.92 Å². The van der Waals surface area contributed by atoms with Crippen molar-refractivity contribution >= 4 is 50.0 Å². The Labute approximate surface area is 191 Å². The van der Waals surface area contributed by atoms with Gasteiger partial charge in [0.05, 0.1) is 11.2 Å². The number of anilines is 2. The van der Waals surface area contributed by atoms with E-state index < -0.39 is 20.2 Å². The second-order valence-electron chi connectivity index (χ2n) is 7.67. The molecule has 0 aliphatic heterocycles. The molecule has 3 aromatic rings. The summed E-state index contributed by atoms with van der Waals surface area (Å²) in [7, 11) is -5.44. The lowest BCUT2D eigenvalue weighted by Gasteiger charge is -2.28. The normalized spacial score (nSPS) is 19.5. The fourth-order valence-corrected chi connectivity index (χ4v) is 4.82. The standard InChI is InChI=1S/C19H18ClF3N6O3S/c20-18-27-15(24)14-16(28-18)29(9-25-14)12-5-1-10(2-6-12)17(30)26-11-3-7-13(8-4-11)33(31,32)19(21,22)23/h3-4,7-10,12H,1-2,5-6H2,(H,26,30)(H2,24,27,28)/t10-,12+. The Morgan fingerprint density at radius 3 is 2.36 bits per heavy atom. The number of aromatic nitrogens is 4. The largest absolute Gasteiger partial charge is 0.501 e. The number of fused-ring (bicyclic) bond motifs is 1. The summed E-state index contributed by atoms with van der Waals surface area (Å²) in [6.07, 6.45) is 4.06.